The zero-order valence-corrected chi connectivity index (χ0v) is 13.7. The number of nitrogens with zero attached hydrogens (tertiary/aromatic N) is 1. The third-order valence-electron chi connectivity index (χ3n) is 2.53. The first-order chi connectivity index (χ1) is 9.06. The number of rotatable bonds is 5. The van der Waals surface area contributed by atoms with E-state index in [9.17, 15) is 13.2 Å². The van der Waals surface area contributed by atoms with Gasteiger partial charge in [0.15, 0.2) is 5.69 Å². The van der Waals surface area contributed by atoms with Gasteiger partial charge in [-0.3, -0.25) is 9.89 Å². The molecule has 0 aliphatic carbocycles. The Labute approximate surface area is 123 Å². The van der Waals surface area contributed by atoms with E-state index in [4.69, 9.17) is 10.7 Å². The van der Waals surface area contributed by atoms with Crippen molar-refractivity contribution >= 4 is 25.6 Å². The largest absolute Gasteiger partial charge is 0.350 e. The molecular formula is C12H20ClN3O3S. The predicted octanol–water partition coefficient (Wildman–Crippen LogP) is 2.07. The second-order valence-corrected chi connectivity index (χ2v) is 8.31. The molecule has 1 aromatic rings. The highest BCUT2D eigenvalue weighted by Gasteiger charge is 2.28. The Balaban J connectivity index is 3.10. The maximum atomic E-state index is 12.1. The maximum absolute atomic E-state index is 12.1. The Hall–Kier alpha value is -1.08. The second kappa shape index (κ2) is 6.13. The molecule has 0 bridgehead atoms. The SMILES string of the molecule is CCCc1[nH]nc(C(=O)NCC(C)(C)C)c1S(=O)(=O)Cl. The molecule has 114 valence electrons. The Morgan fingerprint density at radius 2 is 2.00 bits per heavy atom. The second-order valence-electron chi connectivity index (χ2n) is 5.81. The minimum atomic E-state index is -4.02. The summed E-state index contributed by atoms with van der Waals surface area (Å²) in [5.41, 5.74) is 0.0780. The van der Waals surface area contributed by atoms with Crippen LogP contribution in [-0.4, -0.2) is 31.1 Å². The molecule has 0 radical (unpaired) electrons. The topological polar surface area (TPSA) is 91.9 Å². The molecule has 0 unspecified atom stereocenters. The van der Waals surface area contributed by atoms with E-state index in [1.807, 2.05) is 27.7 Å². The van der Waals surface area contributed by atoms with Crippen LogP contribution in [0.5, 0.6) is 0 Å². The van der Waals surface area contributed by atoms with Crippen LogP contribution in [0.15, 0.2) is 4.90 Å². The zero-order valence-electron chi connectivity index (χ0n) is 12.1. The normalized spacial score (nSPS) is 12.4. The van der Waals surface area contributed by atoms with Crippen molar-refractivity contribution in [2.75, 3.05) is 6.54 Å². The smallest absolute Gasteiger partial charge is 0.273 e. The fourth-order valence-corrected chi connectivity index (χ4v) is 2.94. The molecule has 0 spiro atoms. The molecule has 0 atom stereocenters. The molecular weight excluding hydrogens is 302 g/mol. The van der Waals surface area contributed by atoms with E-state index in [0.717, 1.165) is 0 Å². The molecule has 8 heteroatoms. The van der Waals surface area contributed by atoms with E-state index in [-0.39, 0.29) is 16.0 Å². The maximum Gasteiger partial charge on any atom is 0.273 e. The van der Waals surface area contributed by atoms with E-state index in [0.29, 0.717) is 25.1 Å². The van der Waals surface area contributed by atoms with Gasteiger partial charge in [0, 0.05) is 17.2 Å². The van der Waals surface area contributed by atoms with Crippen LogP contribution in [0.25, 0.3) is 0 Å². The summed E-state index contributed by atoms with van der Waals surface area (Å²) in [6, 6.07) is 0. The van der Waals surface area contributed by atoms with Gasteiger partial charge in [-0.05, 0) is 11.8 Å². The van der Waals surface area contributed by atoms with Crippen LogP contribution in [0.2, 0.25) is 0 Å². The fourth-order valence-electron chi connectivity index (χ4n) is 1.63. The summed E-state index contributed by atoms with van der Waals surface area (Å²) >= 11 is 0. The number of amides is 1. The van der Waals surface area contributed by atoms with Crippen molar-refractivity contribution in [3.05, 3.63) is 11.4 Å². The summed E-state index contributed by atoms with van der Waals surface area (Å²) in [5.74, 6) is -0.544. The van der Waals surface area contributed by atoms with Gasteiger partial charge in [0.2, 0.25) is 0 Å². The van der Waals surface area contributed by atoms with Crippen LogP contribution in [0, 0.1) is 5.41 Å². The van der Waals surface area contributed by atoms with Crippen molar-refractivity contribution in [3.8, 4) is 0 Å². The van der Waals surface area contributed by atoms with Crippen molar-refractivity contribution in [2.45, 2.75) is 45.4 Å². The Morgan fingerprint density at radius 1 is 1.40 bits per heavy atom. The van der Waals surface area contributed by atoms with E-state index >= 15 is 0 Å². The van der Waals surface area contributed by atoms with Crippen LogP contribution in [0.3, 0.4) is 0 Å². The molecule has 0 fully saturated rings. The molecule has 0 saturated heterocycles. The van der Waals surface area contributed by atoms with Crippen LogP contribution < -0.4 is 5.32 Å². The number of carbonyl (C=O) groups excluding carboxylic acids is 1. The molecule has 2 N–H and O–H groups in total. The highest BCUT2D eigenvalue weighted by Crippen LogP contribution is 2.23. The average molecular weight is 322 g/mol. The summed E-state index contributed by atoms with van der Waals surface area (Å²) in [6.45, 7) is 8.17. The van der Waals surface area contributed by atoms with Crippen LogP contribution >= 0.6 is 10.7 Å². The molecule has 1 rings (SSSR count). The summed E-state index contributed by atoms with van der Waals surface area (Å²) in [6.07, 6.45) is 1.17. The van der Waals surface area contributed by atoms with Gasteiger partial charge in [-0.25, -0.2) is 8.42 Å². The number of hydrogen-bond acceptors (Lipinski definition) is 4. The van der Waals surface area contributed by atoms with E-state index < -0.39 is 15.0 Å². The van der Waals surface area contributed by atoms with E-state index in [1.165, 1.54) is 0 Å². The van der Waals surface area contributed by atoms with Crippen molar-refractivity contribution in [3.63, 3.8) is 0 Å². The van der Waals surface area contributed by atoms with Gasteiger partial charge in [-0.1, -0.05) is 34.1 Å². The van der Waals surface area contributed by atoms with Gasteiger partial charge >= 0.3 is 0 Å². The van der Waals surface area contributed by atoms with Gasteiger partial charge in [-0.15, -0.1) is 0 Å². The fraction of sp³-hybridized carbons (Fsp3) is 0.667. The average Bonchev–Trinajstić information content (AvgIpc) is 2.69. The summed E-state index contributed by atoms with van der Waals surface area (Å²) in [5, 5.41) is 9.05. The van der Waals surface area contributed by atoms with Crippen molar-refractivity contribution in [1.29, 1.82) is 0 Å². The van der Waals surface area contributed by atoms with Crippen molar-refractivity contribution in [1.82, 2.24) is 15.5 Å². The summed E-state index contributed by atoms with van der Waals surface area (Å²) in [7, 11) is 1.39. The number of aryl methyl sites for hydroxylation is 1. The summed E-state index contributed by atoms with van der Waals surface area (Å²) in [4.78, 5) is 11.8. The molecule has 20 heavy (non-hydrogen) atoms. The molecule has 0 aliphatic rings. The van der Waals surface area contributed by atoms with Crippen molar-refractivity contribution in [2.24, 2.45) is 5.41 Å². The van der Waals surface area contributed by atoms with Gasteiger partial charge in [0.05, 0.1) is 5.69 Å². The number of carbonyl (C=O) groups is 1. The number of aromatic amines is 1. The lowest BCUT2D eigenvalue weighted by atomic mass is 9.97. The number of H-pyrrole nitrogens is 1. The quantitative estimate of drug-likeness (QED) is 0.812. The third kappa shape index (κ3) is 4.49. The predicted molar refractivity (Wildman–Crippen MR) is 77.4 cm³/mol. The van der Waals surface area contributed by atoms with Crippen LogP contribution in [0.4, 0.5) is 0 Å². The van der Waals surface area contributed by atoms with Gasteiger partial charge < -0.3 is 5.32 Å². The Kier molecular flexibility index (Phi) is 5.21. The number of nitrogens with one attached hydrogen (secondary N) is 2. The first kappa shape index (κ1) is 17.0. The zero-order chi connectivity index (χ0) is 15.6. The minimum Gasteiger partial charge on any atom is -0.350 e. The molecule has 0 aliphatic heterocycles. The number of halogens is 1. The first-order valence-corrected chi connectivity index (χ1v) is 8.67. The highest BCUT2D eigenvalue weighted by molar-refractivity contribution is 8.13. The molecule has 0 saturated carbocycles. The van der Waals surface area contributed by atoms with Gasteiger partial charge in [-0.2, -0.15) is 5.10 Å². The van der Waals surface area contributed by atoms with Crippen LogP contribution in [0.1, 0.15) is 50.3 Å². The highest BCUT2D eigenvalue weighted by atomic mass is 35.7. The Bertz CT molecular complexity index is 588. The monoisotopic (exact) mass is 321 g/mol. The lowest BCUT2D eigenvalue weighted by molar-refractivity contribution is 0.0931. The first-order valence-electron chi connectivity index (χ1n) is 6.36. The Morgan fingerprint density at radius 3 is 2.45 bits per heavy atom. The standard InChI is InChI=1S/C12H20ClN3O3S/c1-5-6-8-10(20(13,18)19)9(16-15-8)11(17)14-7-12(2,3)4/h5-7H2,1-4H3,(H,14,17)(H,15,16). The van der Waals surface area contributed by atoms with E-state index in [2.05, 4.69) is 15.5 Å². The molecule has 1 amide bonds. The molecule has 1 heterocycles. The van der Waals surface area contributed by atoms with E-state index in [1.54, 1.807) is 0 Å². The molecule has 1 aromatic heterocycles. The number of hydrogen-bond donors (Lipinski definition) is 2. The molecule has 0 aromatic carbocycles. The lowest BCUT2D eigenvalue weighted by Crippen LogP contribution is -2.33. The lowest BCUT2D eigenvalue weighted by Gasteiger charge is -2.18. The minimum absolute atomic E-state index is 0.113. The van der Waals surface area contributed by atoms with Crippen molar-refractivity contribution < 1.29 is 13.2 Å². The number of aromatic nitrogens is 2. The van der Waals surface area contributed by atoms with Gasteiger partial charge in [0.1, 0.15) is 4.90 Å². The molecule has 6 nitrogen and oxygen atoms in total. The third-order valence-corrected chi connectivity index (χ3v) is 3.92. The van der Waals surface area contributed by atoms with Gasteiger partial charge in [0.25, 0.3) is 15.0 Å². The van der Waals surface area contributed by atoms with Crippen LogP contribution in [-0.2, 0) is 15.5 Å². The summed E-state index contributed by atoms with van der Waals surface area (Å²) < 4.78 is 23.3.